The van der Waals surface area contributed by atoms with Crippen LogP contribution in [0.1, 0.15) is 38.2 Å². The number of benzene rings is 2. The van der Waals surface area contributed by atoms with Crippen molar-refractivity contribution in [1.29, 1.82) is 0 Å². The number of nitrogens with one attached hydrogen (secondary N) is 2. The van der Waals surface area contributed by atoms with Gasteiger partial charge in [-0.3, -0.25) is 14.4 Å². The summed E-state index contributed by atoms with van der Waals surface area (Å²) in [5, 5.41) is 5.04. The van der Waals surface area contributed by atoms with Crippen molar-refractivity contribution in [1.82, 2.24) is 4.90 Å². The Labute approximate surface area is 186 Å². The van der Waals surface area contributed by atoms with Crippen molar-refractivity contribution in [3.63, 3.8) is 0 Å². The highest BCUT2D eigenvalue weighted by Crippen LogP contribution is 2.36. The zero-order chi connectivity index (χ0) is 22.0. The highest BCUT2D eigenvalue weighted by Gasteiger charge is 2.37. The van der Waals surface area contributed by atoms with Crippen molar-refractivity contribution in [2.24, 2.45) is 5.92 Å². The molecule has 0 aliphatic carbocycles. The van der Waals surface area contributed by atoms with Gasteiger partial charge >= 0.3 is 0 Å². The van der Waals surface area contributed by atoms with Crippen LogP contribution in [0.25, 0.3) is 0 Å². The zero-order valence-corrected chi connectivity index (χ0v) is 18.6. The SMILES string of the molecule is CC(C)c1ccc(NC(=O)C2CCN(C(=O)[C@@H]3Sc4ccccc4NC3=O)CC2)cc1. The Balaban J connectivity index is 1.31. The smallest absolute Gasteiger partial charge is 0.247 e. The molecule has 0 aromatic heterocycles. The van der Waals surface area contributed by atoms with E-state index in [1.807, 2.05) is 48.5 Å². The Kier molecular flexibility index (Phi) is 6.32. The molecule has 1 atom stereocenters. The summed E-state index contributed by atoms with van der Waals surface area (Å²) >= 11 is 1.30. The normalized spacial score (nSPS) is 19.0. The number of likely N-dealkylation sites (tertiary alicyclic amines) is 1. The monoisotopic (exact) mass is 437 g/mol. The molecule has 6 nitrogen and oxygen atoms in total. The molecule has 0 spiro atoms. The van der Waals surface area contributed by atoms with Gasteiger partial charge in [0.1, 0.15) is 0 Å². The maximum absolute atomic E-state index is 13.0. The van der Waals surface area contributed by atoms with Crippen LogP contribution in [0.3, 0.4) is 0 Å². The van der Waals surface area contributed by atoms with Gasteiger partial charge in [-0.2, -0.15) is 0 Å². The van der Waals surface area contributed by atoms with Crippen LogP contribution < -0.4 is 10.6 Å². The van der Waals surface area contributed by atoms with Crippen LogP contribution in [0.5, 0.6) is 0 Å². The summed E-state index contributed by atoms with van der Waals surface area (Å²) in [4.78, 5) is 40.7. The lowest BCUT2D eigenvalue weighted by atomic mass is 9.95. The van der Waals surface area contributed by atoms with Gasteiger partial charge in [0.15, 0.2) is 5.25 Å². The van der Waals surface area contributed by atoms with Gasteiger partial charge < -0.3 is 15.5 Å². The Bertz CT molecular complexity index is 982. The number of anilines is 2. The Hall–Kier alpha value is -2.80. The number of nitrogens with zero attached hydrogens (tertiary/aromatic N) is 1. The minimum atomic E-state index is -0.778. The van der Waals surface area contributed by atoms with Gasteiger partial charge in [0.05, 0.1) is 5.69 Å². The number of hydrogen-bond donors (Lipinski definition) is 2. The predicted molar refractivity (Wildman–Crippen MR) is 123 cm³/mol. The molecule has 0 saturated carbocycles. The third-order valence-electron chi connectivity index (χ3n) is 5.87. The van der Waals surface area contributed by atoms with Crippen molar-refractivity contribution >= 4 is 40.9 Å². The molecule has 162 valence electrons. The quantitative estimate of drug-likeness (QED) is 0.706. The lowest BCUT2D eigenvalue weighted by molar-refractivity contribution is -0.136. The predicted octanol–water partition coefficient (Wildman–Crippen LogP) is 4.10. The first kappa shape index (κ1) is 21.4. The fraction of sp³-hybridized carbons (Fsp3) is 0.375. The van der Waals surface area contributed by atoms with E-state index in [0.29, 0.717) is 31.8 Å². The van der Waals surface area contributed by atoms with E-state index < -0.39 is 5.25 Å². The van der Waals surface area contributed by atoms with E-state index in [-0.39, 0.29) is 23.6 Å². The Morgan fingerprint density at radius 3 is 2.42 bits per heavy atom. The topological polar surface area (TPSA) is 78.5 Å². The lowest BCUT2D eigenvalue weighted by Gasteiger charge is -2.34. The number of para-hydroxylation sites is 1. The molecule has 0 radical (unpaired) electrons. The molecule has 0 unspecified atom stereocenters. The maximum Gasteiger partial charge on any atom is 0.247 e. The molecule has 31 heavy (non-hydrogen) atoms. The summed E-state index contributed by atoms with van der Waals surface area (Å²) in [5.41, 5.74) is 2.78. The van der Waals surface area contributed by atoms with Crippen LogP contribution in [0.15, 0.2) is 53.4 Å². The van der Waals surface area contributed by atoms with Gasteiger partial charge in [-0.25, -0.2) is 0 Å². The summed E-state index contributed by atoms with van der Waals surface area (Å²) in [5.74, 6) is -0.159. The molecule has 0 bridgehead atoms. The second-order valence-electron chi connectivity index (χ2n) is 8.35. The van der Waals surface area contributed by atoms with Gasteiger partial charge in [0.2, 0.25) is 17.7 Å². The average Bonchev–Trinajstić information content (AvgIpc) is 2.78. The molecule has 2 aromatic rings. The van der Waals surface area contributed by atoms with Crippen molar-refractivity contribution in [3.05, 3.63) is 54.1 Å². The summed E-state index contributed by atoms with van der Waals surface area (Å²) < 4.78 is 0. The molecule has 3 amide bonds. The molecule has 4 rings (SSSR count). The van der Waals surface area contributed by atoms with Gasteiger partial charge in [-0.1, -0.05) is 38.1 Å². The van der Waals surface area contributed by atoms with Crippen LogP contribution in [0.2, 0.25) is 0 Å². The second kappa shape index (κ2) is 9.14. The summed E-state index contributed by atoms with van der Waals surface area (Å²) in [6.45, 7) is 5.23. The number of fused-ring (bicyclic) bond motifs is 1. The largest absolute Gasteiger partial charge is 0.341 e. The van der Waals surface area contributed by atoms with Gasteiger partial charge in [-0.05, 0) is 48.6 Å². The number of carbonyl (C=O) groups excluding carboxylic acids is 3. The van der Waals surface area contributed by atoms with E-state index >= 15 is 0 Å². The lowest BCUT2D eigenvalue weighted by Crippen LogP contribution is -2.48. The number of hydrogen-bond acceptors (Lipinski definition) is 4. The number of piperidine rings is 1. The van der Waals surface area contributed by atoms with Crippen molar-refractivity contribution < 1.29 is 14.4 Å². The van der Waals surface area contributed by atoms with Gasteiger partial charge in [0, 0.05) is 29.6 Å². The van der Waals surface area contributed by atoms with E-state index in [4.69, 9.17) is 0 Å². The molecule has 2 aliphatic heterocycles. The van der Waals surface area contributed by atoms with E-state index in [1.165, 1.54) is 17.3 Å². The van der Waals surface area contributed by atoms with Gasteiger partial charge in [0.25, 0.3) is 0 Å². The Morgan fingerprint density at radius 2 is 1.74 bits per heavy atom. The van der Waals surface area contributed by atoms with Crippen molar-refractivity contribution in [3.8, 4) is 0 Å². The first-order valence-electron chi connectivity index (χ1n) is 10.7. The number of thioether (sulfide) groups is 1. The third-order valence-corrected chi connectivity index (χ3v) is 7.14. The van der Waals surface area contributed by atoms with E-state index in [9.17, 15) is 14.4 Å². The molecular weight excluding hydrogens is 410 g/mol. The molecular formula is C24H27N3O3S. The first-order valence-corrected chi connectivity index (χ1v) is 11.6. The minimum absolute atomic E-state index is 0.0110. The summed E-state index contributed by atoms with van der Waals surface area (Å²) in [7, 11) is 0. The van der Waals surface area contributed by atoms with Crippen LogP contribution in [0, 0.1) is 5.92 Å². The average molecular weight is 438 g/mol. The van der Waals surface area contributed by atoms with Crippen LogP contribution in [-0.4, -0.2) is 41.0 Å². The van der Waals surface area contributed by atoms with E-state index in [0.717, 1.165) is 16.3 Å². The summed E-state index contributed by atoms with van der Waals surface area (Å²) in [6.07, 6.45) is 1.19. The molecule has 7 heteroatoms. The maximum atomic E-state index is 13.0. The Morgan fingerprint density at radius 1 is 1.06 bits per heavy atom. The zero-order valence-electron chi connectivity index (χ0n) is 17.8. The van der Waals surface area contributed by atoms with Crippen LogP contribution in [-0.2, 0) is 14.4 Å². The second-order valence-corrected chi connectivity index (χ2v) is 9.50. The molecule has 2 heterocycles. The highest BCUT2D eigenvalue weighted by atomic mass is 32.2. The van der Waals surface area contributed by atoms with Crippen LogP contribution >= 0.6 is 11.8 Å². The van der Waals surface area contributed by atoms with Crippen molar-refractivity contribution in [2.45, 2.75) is 42.8 Å². The fourth-order valence-corrected chi connectivity index (χ4v) is 5.01. The summed E-state index contributed by atoms with van der Waals surface area (Å²) in [6, 6.07) is 15.4. The number of carbonyl (C=O) groups is 3. The standard InChI is InChI=1S/C24H27N3O3S/c1-15(2)16-7-9-18(10-8-16)25-22(28)17-11-13-27(14-12-17)24(30)21-23(29)26-19-5-3-4-6-20(19)31-21/h3-10,15,17,21H,11-14H2,1-2H3,(H,25,28)(H,26,29)/t21-/m1/s1. The van der Waals surface area contributed by atoms with Crippen molar-refractivity contribution in [2.75, 3.05) is 23.7 Å². The van der Waals surface area contributed by atoms with E-state index in [2.05, 4.69) is 24.5 Å². The molecule has 2 aliphatic rings. The van der Waals surface area contributed by atoms with Crippen LogP contribution in [0.4, 0.5) is 11.4 Å². The number of amides is 3. The number of rotatable bonds is 4. The third kappa shape index (κ3) is 4.77. The molecule has 2 N–H and O–H groups in total. The molecule has 1 saturated heterocycles. The molecule has 2 aromatic carbocycles. The minimum Gasteiger partial charge on any atom is -0.341 e. The highest BCUT2D eigenvalue weighted by molar-refractivity contribution is 8.01. The van der Waals surface area contributed by atoms with E-state index in [1.54, 1.807) is 4.90 Å². The molecule has 1 fully saturated rings. The first-order chi connectivity index (χ1) is 14.9. The fourth-order valence-electron chi connectivity index (χ4n) is 3.94. The van der Waals surface area contributed by atoms with Gasteiger partial charge in [-0.15, -0.1) is 11.8 Å².